The number of esters is 3. The normalized spacial score (nSPS) is 12.1. The van der Waals surface area contributed by atoms with Crippen molar-refractivity contribution >= 4 is 39.5 Å². The summed E-state index contributed by atoms with van der Waals surface area (Å²) in [5, 5.41) is -0.0495. The van der Waals surface area contributed by atoms with Gasteiger partial charge in [-0.25, -0.2) is 14.4 Å². The van der Waals surface area contributed by atoms with Crippen molar-refractivity contribution in [2.45, 2.75) is 18.5 Å². The van der Waals surface area contributed by atoms with E-state index >= 15 is 0 Å². The maximum absolute atomic E-state index is 13.5. The van der Waals surface area contributed by atoms with Crippen LogP contribution in [-0.2, 0) is 18.5 Å². The molecule has 0 aliphatic carbocycles. The van der Waals surface area contributed by atoms with E-state index in [2.05, 4.69) is 0 Å². The Morgan fingerprint density at radius 2 is 0.717 bits per heavy atom. The Morgan fingerprint density at radius 3 is 1.06 bits per heavy atom. The summed E-state index contributed by atoms with van der Waals surface area (Å²) in [6, 6.07) is 19.3. The predicted molar refractivity (Wildman–Crippen MR) is 171 cm³/mol. The molecule has 6 rings (SSSR count). The third-order valence-corrected chi connectivity index (χ3v) is 7.76. The number of carbonyl (C=O) groups is 3. The minimum atomic E-state index is -4.85. The molecule has 6 aromatic rings. The van der Waals surface area contributed by atoms with Gasteiger partial charge >= 0.3 is 36.4 Å². The fourth-order valence-electron chi connectivity index (χ4n) is 5.32. The zero-order valence-electron chi connectivity index (χ0n) is 26.3. The summed E-state index contributed by atoms with van der Waals surface area (Å²) in [5.41, 5.74) is -5.12. The Morgan fingerprint density at radius 1 is 0.396 bits per heavy atom. The van der Waals surface area contributed by atoms with E-state index < -0.39 is 87.1 Å². The van der Waals surface area contributed by atoms with Crippen LogP contribution >= 0.6 is 0 Å². The van der Waals surface area contributed by atoms with Gasteiger partial charge in [0, 0.05) is 0 Å². The summed E-state index contributed by atoms with van der Waals surface area (Å²) < 4.78 is 137. The number of halogens is 9. The first-order chi connectivity index (χ1) is 24.9. The van der Waals surface area contributed by atoms with E-state index in [0.29, 0.717) is 24.3 Å². The zero-order valence-corrected chi connectivity index (χ0v) is 26.3. The Hall–Kier alpha value is -6.38. The van der Waals surface area contributed by atoms with Gasteiger partial charge in [-0.2, -0.15) is 39.5 Å². The first-order valence-electron chi connectivity index (χ1n) is 15.1. The van der Waals surface area contributed by atoms with E-state index in [1.165, 1.54) is 42.5 Å². The second kappa shape index (κ2) is 13.6. The molecule has 0 aliphatic heterocycles. The average molecular weight is 743 g/mol. The van der Waals surface area contributed by atoms with E-state index in [1.54, 1.807) is 0 Å². The molecule has 0 amide bonds. The Bertz CT molecular complexity index is 2280. The van der Waals surface area contributed by atoms with Gasteiger partial charge in [-0.05, 0) is 83.6 Å². The average Bonchev–Trinajstić information content (AvgIpc) is 3.10. The number of alkyl halides is 9. The number of ether oxygens (including phenoxy) is 3. The van der Waals surface area contributed by atoms with Gasteiger partial charge in [-0.3, -0.25) is 0 Å². The van der Waals surface area contributed by atoms with Crippen LogP contribution in [0.5, 0.6) is 17.2 Å². The molecular formula is C38H19F9O6. The summed E-state index contributed by atoms with van der Waals surface area (Å²) in [7, 11) is 0. The summed E-state index contributed by atoms with van der Waals surface area (Å²) >= 11 is 0. The molecule has 6 aromatic carbocycles. The molecule has 0 radical (unpaired) electrons. The van der Waals surface area contributed by atoms with Crippen LogP contribution < -0.4 is 14.2 Å². The minimum absolute atomic E-state index is 0.181. The van der Waals surface area contributed by atoms with Crippen molar-refractivity contribution in [2.75, 3.05) is 0 Å². The van der Waals surface area contributed by atoms with Gasteiger partial charge in [0.25, 0.3) is 0 Å². The van der Waals surface area contributed by atoms with Crippen molar-refractivity contribution in [3.8, 4) is 17.2 Å². The fourth-order valence-corrected chi connectivity index (χ4v) is 5.32. The van der Waals surface area contributed by atoms with Crippen molar-refractivity contribution < 1.29 is 68.1 Å². The van der Waals surface area contributed by atoms with Crippen molar-refractivity contribution in [2.24, 2.45) is 0 Å². The Labute approximate surface area is 291 Å². The number of fused-ring (bicyclic) bond motifs is 2. The van der Waals surface area contributed by atoms with E-state index in [9.17, 15) is 53.9 Å². The van der Waals surface area contributed by atoms with Crippen molar-refractivity contribution in [3.63, 3.8) is 0 Å². The van der Waals surface area contributed by atoms with Crippen molar-refractivity contribution in [3.05, 3.63) is 149 Å². The molecule has 0 bridgehead atoms. The molecule has 0 aliphatic rings. The van der Waals surface area contributed by atoms with Crippen LogP contribution in [0.2, 0.25) is 0 Å². The third kappa shape index (κ3) is 7.78. The van der Waals surface area contributed by atoms with E-state index in [1.807, 2.05) is 0 Å². The first kappa shape index (κ1) is 36.4. The van der Waals surface area contributed by atoms with Gasteiger partial charge in [0.2, 0.25) is 0 Å². The number of hydrogen-bond acceptors (Lipinski definition) is 6. The van der Waals surface area contributed by atoms with E-state index in [0.717, 1.165) is 48.5 Å². The lowest BCUT2D eigenvalue weighted by Crippen LogP contribution is -2.14. The van der Waals surface area contributed by atoms with Crippen LogP contribution in [0.1, 0.15) is 47.8 Å². The fraction of sp³-hybridized carbons (Fsp3) is 0.0789. The summed E-state index contributed by atoms with van der Waals surface area (Å²) in [6.07, 6.45) is -14.5. The van der Waals surface area contributed by atoms with Crippen LogP contribution in [-0.4, -0.2) is 17.9 Å². The molecule has 0 spiro atoms. The highest BCUT2D eigenvalue weighted by Gasteiger charge is 2.34. The van der Waals surface area contributed by atoms with Gasteiger partial charge < -0.3 is 14.2 Å². The van der Waals surface area contributed by atoms with E-state index in [-0.39, 0.29) is 21.5 Å². The lowest BCUT2D eigenvalue weighted by molar-refractivity contribution is -0.138. The molecule has 0 heterocycles. The maximum atomic E-state index is 13.5. The van der Waals surface area contributed by atoms with Crippen molar-refractivity contribution in [1.82, 2.24) is 0 Å². The molecule has 0 saturated carbocycles. The molecule has 0 N–H and O–H groups in total. The van der Waals surface area contributed by atoms with Gasteiger partial charge in [-0.15, -0.1) is 0 Å². The van der Waals surface area contributed by atoms with Crippen LogP contribution in [0.15, 0.2) is 115 Å². The van der Waals surface area contributed by atoms with Gasteiger partial charge in [-0.1, -0.05) is 42.5 Å². The highest BCUT2D eigenvalue weighted by atomic mass is 19.4. The highest BCUT2D eigenvalue weighted by Crippen LogP contribution is 2.45. The molecule has 6 nitrogen and oxygen atoms in total. The van der Waals surface area contributed by atoms with Gasteiger partial charge in [0.05, 0.1) is 44.2 Å². The van der Waals surface area contributed by atoms with Crippen molar-refractivity contribution in [1.29, 1.82) is 0 Å². The Kier molecular flexibility index (Phi) is 9.37. The predicted octanol–water partition coefficient (Wildman–Crippen LogP) is 10.7. The Balaban J connectivity index is 1.52. The monoisotopic (exact) mass is 742 g/mol. The lowest BCUT2D eigenvalue weighted by atomic mass is 10.00. The van der Waals surface area contributed by atoms with Gasteiger partial charge in [0.15, 0.2) is 5.75 Å². The number of carbonyl (C=O) groups excluding carboxylic acids is 3. The topological polar surface area (TPSA) is 78.9 Å². The molecule has 15 heteroatoms. The molecule has 0 fully saturated rings. The first-order valence-corrected chi connectivity index (χ1v) is 15.1. The number of rotatable bonds is 6. The second-order valence-electron chi connectivity index (χ2n) is 11.3. The smallest absolute Gasteiger partial charge is 0.416 e. The summed E-state index contributed by atoms with van der Waals surface area (Å²) in [5.74, 6) is -5.22. The quantitative estimate of drug-likeness (QED) is 0.0732. The SMILES string of the molecule is O=C(Oc1cccc2cc3cccc(OC(=O)c4cccc(C(F)(F)F)c4)c3c(OC(=O)c3cccc(C(F)(F)F)c3)c12)c1cccc(C(F)(F)F)c1. The van der Waals surface area contributed by atoms with E-state index in [4.69, 9.17) is 14.2 Å². The van der Waals surface area contributed by atoms with Gasteiger partial charge in [0.1, 0.15) is 11.5 Å². The van der Waals surface area contributed by atoms with Crippen LogP contribution in [0.3, 0.4) is 0 Å². The zero-order chi connectivity index (χ0) is 38.3. The maximum Gasteiger partial charge on any atom is 0.416 e. The highest BCUT2D eigenvalue weighted by molar-refractivity contribution is 6.13. The number of benzene rings is 6. The minimum Gasteiger partial charge on any atom is -0.422 e. The summed E-state index contributed by atoms with van der Waals surface area (Å²) in [6.45, 7) is 0. The third-order valence-electron chi connectivity index (χ3n) is 7.76. The second-order valence-corrected chi connectivity index (χ2v) is 11.3. The molecule has 0 atom stereocenters. The largest absolute Gasteiger partial charge is 0.422 e. The molecule has 0 saturated heterocycles. The molecule has 0 aromatic heterocycles. The van der Waals surface area contributed by atoms with Crippen LogP contribution in [0.4, 0.5) is 39.5 Å². The summed E-state index contributed by atoms with van der Waals surface area (Å²) in [4.78, 5) is 39.9. The van der Waals surface area contributed by atoms with Crippen LogP contribution in [0, 0.1) is 0 Å². The standard InChI is InChI=1S/C38H19F9O6/c39-36(40,41)25-11-1-8-22(17-25)33(48)51-28-14-4-6-20-16-21-7-5-15-29(52-34(49)23-9-2-12-26(18-23)37(42,43)44)31(21)32(30(20)28)53-35(50)24-10-3-13-27(19-24)38(45,46)47/h1-19H. The molecule has 0 unspecified atom stereocenters. The molecule has 53 heavy (non-hydrogen) atoms. The lowest BCUT2D eigenvalue weighted by Gasteiger charge is -2.17. The molecule has 270 valence electrons. The molecular weight excluding hydrogens is 723 g/mol. The number of hydrogen-bond donors (Lipinski definition) is 0. The van der Waals surface area contributed by atoms with Crippen LogP contribution in [0.25, 0.3) is 21.5 Å².